The number of rotatable bonds is 4. The first-order chi connectivity index (χ1) is 11.0. The van der Waals surface area contributed by atoms with Crippen molar-refractivity contribution in [3.63, 3.8) is 0 Å². The smallest absolute Gasteiger partial charge is 0.307 e. The van der Waals surface area contributed by atoms with Crippen LogP contribution in [0.5, 0.6) is 0 Å². The number of carboxylic acid groups (broad SMARTS) is 1. The molecule has 1 saturated carbocycles. The van der Waals surface area contributed by atoms with Crippen LogP contribution in [0.3, 0.4) is 0 Å². The number of likely N-dealkylation sites (tertiary alicyclic amines) is 1. The van der Waals surface area contributed by atoms with Gasteiger partial charge in [0.2, 0.25) is 5.91 Å². The van der Waals surface area contributed by atoms with Crippen molar-refractivity contribution in [1.29, 1.82) is 0 Å². The van der Waals surface area contributed by atoms with Crippen LogP contribution in [-0.4, -0.2) is 40.1 Å². The fourth-order valence-corrected chi connectivity index (χ4v) is 3.47. The van der Waals surface area contributed by atoms with Gasteiger partial charge in [-0.2, -0.15) is 0 Å². The number of aliphatic carboxylic acids is 1. The summed E-state index contributed by atoms with van der Waals surface area (Å²) in [6.07, 6.45) is 1.35. The molecule has 1 aromatic rings. The molecule has 0 spiro atoms. The van der Waals surface area contributed by atoms with Crippen LogP contribution in [0.4, 0.5) is 0 Å². The van der Waals surface area contributed by atoms with E-state index in [0.29, 0.717) is 24.5 Å². The second-order valence-electron chi connectivity index (χ2n) is 6.45. The number of carbonyl (C=O) groups excluding carboxylic acids is 1. The standard InChI is InChI=1S/C17H20ClNO4/c18-12-3-1-10(2-4-12)15(20)11-5-7-19(8-6-11)16(21)13-9-14(13)17(22)23/h1-4,11,13-15,20H,5-9H2,(H,22,23). The molecule has 23 heavy (non-hydrogen) atoms. The van der Waals surface area contributed by atoms with Crippen molar-refractivity contribution >= 4 is 23.5 Å². The number of halogens is 1. The summed E-state index contributed by atoms with van der Waals surface area (Å²) in [6, 6.07) is 7.17. The van der Waals surface area contributed by atoms with E-state index in [1.54, 1.807) is 17.0 Å². The summed E-state index contributed by atoms with van der Waals surface area (Å²) in [5, 5.41) is 20.0. The number of nitrogens with zero attached hydrogens (tertiary/aromatic N) is 1. The second kappa shape index (κ2) is 6.49. The number of piperidine rings is 1. The van der Waals surface area contributed by atoms with Gasteiger partial charge in [0.1, 0.15) is 0 Å². The lowest BCUT2D eigenvalue weighted by Gasteiger charge is -2.34. The molecule has 6 heteroatoms. The molecule has 1 heterocycles. The van der Waals surface area contributed by atoms with Crippen LogP contribution in [0, 0.1) is 17.8 Å². The molecular formula is C17H20ClNO4. The number of amides is 1. The predicted octanol–water partition coefficient (Wildman–Crippen LogP) is 2.33. The Bertz CT molecular complexity index is 595. The van der Waals surface area contributed by atoms with E-state index in [-0.39, 0.29) is 17.7 Å². The van der Waals surface area contributed by atoms with Crippen LogP contribution < -0.4 is 0 Å². The Morgan fingerprint density at radius 3 is 2.26 bits per heavy atom. The fraction of sp³-hybridized carbons (Fsp3) is 0.529. The summed E-state index contributed by atoms with van der Waals surface area (Å²) in [5.74, 6) is -1.66. The number of aliphatic hydroxyl groups is 1. The van der Waals surface area contributed by atoms with Crippen LogP contribution in [-0.2, 0) is 9.59 Å². The molecule has 3 atom stereocenters. The second-order valence-corrected chi connectivity index (χ2v) is 6.88. The van der Waals surface area contributed by atoms with Gasteiger partial charge in [0.05, 0.1) is 17.9 Å². The third-order valence-electron chi connectivity index (χ3n) is 4.93. The maximum absolute atomic E-state index is 12.2. The molecular weight excluding hydrogens is 318 g/mol. The lowest BCUT2D eigenvalue weighted by molar-refractivity contribution is -0.142. The largest absolute Gasteiger partial charge is 0.481 e. The van der Waals surface area contributed by atoms with Crippen LogP contribution >= 0.6 is 11.6 Å². The third kappa shape index (κ3) is 3.51. The Balaban J connectivity index is 1.53. The highest BCUT2D eigenvalue weighted by Crippen LogP contribution is 2.41. The Morgan fingerprint density at radius 1 is 1.13 bits per heavy atom. The normalized spacial score (nSPS) is 25.9. The summed E-state index contributed by atoms with van der Waals surface area (Å²) in [4.78, 5) is 24.9. The van der Waals surface area contributed by atoms with E-state index in [2.05, 4.69) is 0 Å². The summed E-state index contributed by atoms with van der Waals surface area (Å²) < 4.78 is 0. The molecule has 1 aliphatic carbocycles. The molecule has 124 valence electrons. The molecule has 3 unspecified atom stereocenters. The molecule has 1 aliphatic heterocycles. The molecule has 5 nitrogen and oxygen atoms in total. The van der Waals surface area contributed by atoms with Crippen LogP contribution in [0.25, 0.3) is 0 Å². The van der Waals surface area contributed by atoms with E-state index >= 15 is 0 Å². The topological polar surface area (TPSA) is 77.8 Å². The van der Waals surface area contributed by atoms with Crippen molar-refractivity contribution < 1.29 is 19.8 Å². The monoisotopic (exact) mass is 337 g/mol. The van der Waals surface area contributed by atoms with Gasteiger partial charge < -0.3 is 15.1 Å². The van der Waals surface area contributed by atoms with Gasteiger partial charge in [-0.15, -0.1) is 0 Å². The van der Waals surface area contributed by atoms with Crippen LogP contribution in [0.15, 0.2) is 24.3 Å². The van der Waals surface area contributed by atoms with E-state index in [4.69, 9.17) is 16.7 Å². The van der Waals surface area contributed by atoms with Crippen molar-refractivity contribution in [3.8, 4) is 0 Å². The molecule has 1 aromatic carbocycles. The molecule has 2 aliphatic rings. The summed E-state index contributed by atoms with van der Waals surface area (Å²) in [5.41, 5.74) is 0.840. The molecule has 0 radical (unpaired) electrons. The van der Waals surface area contributed by atoms with E-state index in [9.17, 15) is 14.7 Å². The fourth-order valence-electron chi connectivity index (χ4n) is 3.34. The first-order valence-corrected chi connectivity index (χ1v) is 8.30. The van der Waals surface area contributed by atoms with Crippen LogP contribution in [0.2, 0.25) is 5.02 Å². The Morgan fingerprint density at radius 2 is 1.74 bits per heavy atom. The zero-order valence-corrected chi connectivity index (χ0v) is 13.4. The number of benzene rings is 1. The van der Waals surface area contributed by atoms with Crippen molar-refractivity contribution in [2.75, 3.05) is 13.1 Å². The van der Waals surface area contributed by atoms with Gasteiger partial charge in [0.25, 0.3) is 0 Å². The third-order valence-corrected chi connectivity index (χ3v) is 5.19. The van der Waals surface area contributed by atoms with Gasteiger partial charge in [-0.3, -0.25) is 9.59 Å². The first kappa shape index (κ1) is 16.3. The molecule has 1 saturated heterocycles. The van der Waals surface area contributed by atoms with Gasteiger partial charge in [-0.05, 0) is 42.9 Å². The van der Waals surface area contributed by atoms with Gasteiger partial charge in [0, 0.05) is 18.1 Å². The summed E-state index contributed by atoms with van der Waals surface area (Å²) in [7, 11) is 0. The Hall–Kier alpha value is -1.59. The molecule has 0 bridgehead atoms. The van der Waals surface area contributed by atoms with Crippen molar-refractivity contribution in [3.05, 3.63) is 34.9 Å². The minimum absolute atomic E-state index is 0.0446. The lowest BCUT2D eigenvalue weighted by atomic mass is 9.87. The average molecular weight is 338 g/mol. The molecule has 2 N–H and O–H groups in total. The minimum atomic E-state index is -0.878. The molecule has 1 amide bonds. The highest BCUT2D eigenvalue weighted by atomic mass is 35.5. The summed E-state index contributed by atoms with van der Waals surface area (Å²) >= 11 is 5.86. The average Bonchev–Trinajstić information content (AvgIpc) is 3.35. The Kier molecular flexibility index (Phi) is 4.60. The zero-order valence-electron chi connectivity index (χ0n) is 12.7. The SMILES string of the molecule is O=C(O)C1CC1C(=O)N1CCC(C(O)c2ccc(Cl)cc2)CC1. The quantitative estimate of drug-likeness (QED) is 0.884. The van der Waals surface area contributed by atoms with E-state index in [0.717, 1.165) is 18.4 Å². The van der Waals surface area contributed by atoms with Gasteiger partial charge in [0.15, 0.2) is 0 Å². The van der Waals surface area contributed by atoms with Crippen molar-refractivity contribution in [2.24, 2.45) is 17.8 Å². The van der Waals surface area contributed by atoms with E-state index in [1.165, 1.54) is 0 Å². The van der Waals surface area contributed by atoms with E-state index < -0.39 is 18.0 Å². The van der Waals surface area contributed by atoms with Gasteiger partial charge in [-0.25, -0.2) is 0 Å². The zero-order chi connectivity index (χ0) is 16.6. The highest BCUT2D eigenvalue weighted by molar-refractivity contribution is 6.30. The molecule has 2 fully saturated rings. The van der Waals surface area contributed by atoms with Gasteiger partial charge in [-0.1, -0.05) is 23.7 Å². The number of aliphatic hydroxyl groups excluding tert-OH is 1. The van der Waals surface area contributed by atoms with Gasteiger partial charge >= 0.3 is 5.97 Å². The van der Waals surface area contributed by atoms with Crippen molar-refractivity contribution in [1.82, 2.24) is 4.90 Å². The maximum Gasteiger partial charge on any atom is 0.307 e. The lowest BCUT2D eigenvalue weighted by Crippen LogP contribution is -2.41. The van der Waals surface area contributed by atoms with Crippen molar-refractivity contribution in [2.45, 2.75) is 25.4 Å². The summed E-state index contributed by atoms with van der Waals surface area (Å²) in [6.45, 7) is 1.16. The van der Waals surface area contributed by atoms with Crippen LogP contribution in [0.1, 0.15) is 30.9 Å². The molecule has 0 aromatic heterocycles. The first-order valence-electron chi connectivity index (χ1n) is 7.92. The maximum atomic E-state index is 12.2. The predicted molar refractivity (Wildman–Crippen MR) is 84.9 cm³/mol. The highest BCUT2D eigenvalue weighted by Gasteiger charge is 2.50. The molecule has 3 rings (SSSR count). The van der Waals surface area contributed by atoms with E-state index in [1.807, 2.05) is 12.1 Å². The number of hydrogen-bond donors (Lipinski definition) is 2. The number of carboxylic acids is 1. The Labute approximate surface area is 139 Å². The number of hydrogen-bond acceptors (Lipinski definition) is 3. The minimum Gasteiger partial charge on any atom is -0.481 e. The number of carbonyl (C=O) groups is 2.